The average molecular weight is 535 g/mol. The third-order valence-corrected chi connectivity index (χ3v) is 9.08. The molecular weight excluding hydrogens is 504 g/mol. The van der Waals surface area contributed by atoms with Gasteiger partial charge in [-0.1, -0.05) is 18.2 Å². The van der Waals surface area contributed by atoms with Crippen molar-refractivity contribution in [3.05, 3.63) is 83.4 Å². The second kappa shape index (κ2) is 10.5. The summed E-state index contributed by atoms with van der Waals surface area (Å²) in [5.41, 5.74) is 10.5. The molecule has 2 aromatic carbocycles. The molecular formula is C28H30N4O5S. The number of carbonyl (C=O) groups is 2. The van der Waals surface area contributed by atoms with Gasteiger partial charge in [-0.2, -0.15) is 0 Å². The Morgan fingerprint density at radius 3 is 2.58 bits per heavy atom. The number of fused-ring (bicyclic) bond motifs is 1. The highest BCUT2D eigenvalue weighted by molar-refractivity contribution is 7.89. The summed E-state index contributed by atoms with van der Waals surface area (Å²) >= 11 is 0. The van der Waals surface area contributed by atoms with Gasteiger partial charge >= 0.3 is 0 Å². The number of benzene rings is 2. The molecule has 0 spiro atoms. The van der Waals surface area contributed by atoms with Crippen LogP contribution in [0.2, 0.25) is 0 Å². The minimum absolute atomic E-state index is 0.0989. The fourth-order valence-electron chi connectivity index (χ4n) is 5.12. The first-order chi connectivity index (χ1) is 18.3. The van der Waals surface area contributed by atoms with Crippen molar-refractivity contribution in [3.8, 4) is 11.1 Å². The van der Waals surface area contributed by atoms with E-state index in [9.17, 15) is 18.0 Å². The smallest absolute Gasteiger partial charge is 0.287 e. The second-order valence-corrected chi connectivity index (χ2v) is 11.7. The van der Waals surface area contributed by atoms with Crippen molar-refractivity contribution in [3.63, 3.8) is 0 Å². The van der Waals surface area contributed by atoms with E-state index in [-0.39, 0.29) is 23.3 Å². The molecule has 1 fully saturated rings. The van der Waals surface area contributed by atoms with Crippen LogP contribution < -0.4 is 11.1 Å². The van der Waals surface area contributed by atoms with Crippen LogP contribution in [0, 0.1) is 0 Å². The van der Waals surface area contributed by atoms with Crippen LogP contribution >= 0.6 is 0 Å². The summed E-state index contributed by atoms with van der Waals surface area (Å²) in [6.07, 6.45) is 4.77. The fourth-order valence-corrected chi connectivity index (χ4v) is 6.25. The normalized spacial score (nSPS) is 15.1. The fraction of sp³-hybridized carbons (Fsp3) is 0.286. The lowest BCUT2D eigenvalue weighted by Gasteiger charge is -2.31. The van der Waals surface area contributed by atoms with Gasteiger partial charge in [0.05, 0.1) is 23.1 Å². The first-order valence-corrected chi connectivity index (χ1v) is 14.2. The topological polar surface area (TPSA) is 138 Å². The molecule has 4 aromatic rings. The van der Waals surface area contributed by atoms with Crippen LogP contribution in [0.4, 0.5) is 0 Å². The van der Waals surface area contributed by atoms with Crippen molar-refractivity contribution in [2.75, 3.05) is 18.8 Å². The molecule has 0 saturated carbocycles. The van der Waals surface area contributed by atoms with E-state index in [0.717, 1.165) is 27.6 Å². The van der Waals surface area contributed by atoms with Gasteiger partial charge in [0.2, 0.25) is 10.0 Å². The number of hydrogen-bond donors (Lipinski definition) is 3. The molecule has 1 aliphatic heterocycles. The van der Waals surface area contributed by atoms with Gasteiger partial charge in [-0.3, -0.25) is 9.59 Å². The maximum atomic E-state index is 12.4. The summed E-state index contributed by atoms with van der Waals surface area (Å²) in [5, 5.41) is 3.75. The number of H-pyrrole nitrogens is 1. The first kappa shape index (κ1) is 25.7. The number of aromatic nitrogens is 1. The van der Waals surface area contributed by atoms with Crippen LogP contribution in [0.5, 0.6) is 0 Å². The summed E-state index contributed by atoms with van der Waals surface area (Å²) in [7, 11) is -3.21. The second-order valence-electron chi connectivity index (χ2n) is 9.49. The Morgan fingerprint density at radius 2 is 1.89 bits per heavy atom. The molecule has 1 aliphatic rings. The van der Waals surface area contributed by atoms with Crippen molar-refractivity contribution >= 4 is 32.7 Å². The van der Waals surface area contributed by atoms with E-state index in [0.29, 0.717) is 43.6 Å². The van der Waals surface area contributed by atoms with Gasteiger partial charge in [0.1, 0.15) is 0 Å². The van der Waals surface area contributed by atoms with Gasteiger partial charge in [0.25, 0.3) is 11.8 Å². The molecule has 198 valence electrons. The molecule has 0 bridgehead atoms. The van der Waals surface area contributed by atoms with E-state index in [1.165, 1.54) is 6.26 Å². The lowest BCUT2D eigenvalue weighted by Crippen LogP contribution is -2.38. The first-order valence-electron chi connectivity index (χ1n) is 12.6. The monoisotopic (exact) mass is 534 g/mol. The highest BCUT2D eigenvalue weighted by Crippen LogP contribution is 2.37. The number of aromatic amines is 1. The van der Waals surface area contributed by atoms with E-state index in [2.05, 4.69) is 10.3 Å². The van der Waals surface area contributed by atoms with Crippen LogP contribution in [0.3, 0.4) is 0 Å². The number of primary amides is 1. The molecule has 2 amide bonds. The molecule has 0 unspecified atom stereocenters. The summed E-state index contributed by atoms with van der Waals surface area (Å²) in [6.45, 7) is 2.92. The molecule has 3 heterocycles. The summed E-state index contributed by atoms with van der Waals surface area (Å²) in [4.78, 5) is 27.9. The van der Waals surface area contributed by atoms with Gasteiger partial charge in [0.15, 0.2) is 5.76 Å². The molecule has 0 atom stereocenters. The number of nitrogens with zero attached hydrogens (tertiary/aromatic N) is 1. The zero-order chi connectivity index (χ0) is 26.9. The molecule has 1 saturated heterocycles. The lowest BCUT2D eigenvalue weighted by atomic mass is 9.88. The number of amides is 2. The molecule has 2 aromatic heterocycles. The SMILES string of the molecule is CCS(=O)(=O)N1CCC(c2c[nH]c3c(C(N)=O)cc(-c4cccc(CNC(=O)c5ccco5)c4)cc23)CC1. The Hall–Kier alpha value is -3.89. The predicted octanol–water partition coefficient (Wildman–Crippen LogP) is 3.99. The Morgan fingerprint density at radius 1 is 1.11 bits per heavy atom. The van der Waals surface area contributed by atoms with Gasteiger partial charge in [-0.05, 0) is 78.3 Å². The number of furan rings is 1. The Labute approximate surface area is 221 Å². The molecule has 0 radical (unpaired) electrons. The van der Waals surface area contributed by atoms with Gasteiger partial charge < -0.3 is 20.5 Å². The molecule has 0 aliphatic carbocycles. The van der Waals surface area contributed by atoms with E-state index in [1.807, 2.05) is 36.5 Å². The average Bonchev–Trinajstić information content (AvgIpc) is 3.62. The summed E-state index contributed by atoms with van der Waals surface area (Å²) < 4.78 is 31.3. The van der Waals surface area contributed by atoms with Crippen LogP contribution in [0.15, 0.2) is 65.4 Å². The molecule has 38 heavy (non-hydrogen) atoms. The maximum absolute atomic E-state index is 12.4. The van der Waals surface area contributed by atoms with Crippen molar-refractivity contribution in [2.45, 2.75) is 32.2 Å². The van der Waals surface area contributed by atoms with Crippen molar-refractivity contribution < 1.29 is 22.4 Å². The van der Waals surface area contributed by atoms with Crippen molar-refractivity contribution in [2.24, 2.45) is 5.73 Å². The van der Waals surface area contributed by atoms with E-state index < -0.39 is 15.9 Å². The minimum atomic E-state index is -3.21. The third-order valence-electron chi connectivity index (χ3n) is 7.20. The van der Waals surface area contributed by atoms with E-state index >= 15 is 0 Å². The molecule has 10 heteroatoms. The standard InChI is InChI=1S/C28H30N4O5S/c1-2-38(35,36)32-10-8-19(9-11-32)24-17-30-26-22(24)14-21(15-23(26)27(29)33)20-6-3-5-18(13-20)16-31-28(34)25-7-4-12-37-25/h3-7,12-15,17,19,30H,2,8-11,16H2,1H3,(H2,29,33)(H,31,34). The Balaban J connectivity index is 1.43. The van der Waals surface area contributed by atoms with E-state index in [1.54, 1.807) is 29.4 Å². The molecule has 9 nitrogen and oxygen atoms in total. The van der Waals surface area contributed by atoms with Crippen molar-refractivity contribution in [1.82, 2.24) is 14.6 Å². The van der Waals surface area contributed by atoms with Gasteiger partial charge in [0, 0.05) is 31.2 Å². The molecule has 5 rings (SSSR count). The number of piperidine rings is 1. The van der Waals surface area contributed by atoms with Crippen LogP contribution in [0.25, 0.3) is 22.0 Å². The summed E-state index contributed by atoms with van der Waals surface area (Å²) in [6, 6.07) is 14.8. The Kier molecular flexibility index (Phi) is 7.09. The highest BCUT2D eigenvalue weighted by atomic mass is 32.2. The van der Waals surface area contributed by atoms with Crippen LogP contribution in [0.1, 0.15) is 57.7 Å². The minimum Gasteiger partial charge on any atom is -0.459 e. The zero-order valence-electron chi connectivity index (χ0n) is 21.1. The van der Waals surface area contributed by atoms with E-state index in [4.69, 9.17) is 10.2 Å². The maximum Gasteiger partial charge on any atom is 0.287 e. The lowest BCUT2D eigenvalue weighted by molar-refractivity contribution is 0.0922. The summed E-state index contributed by atoms with van der Waals surface area (Å²) in [5.74, 6) is -0.327. The van der Waals surface area contributed by atoms with Gasteiger partial charge in [-0.25, -0.2) is 12.7 Å². The number of rotatable bonds is 8. The molecule has 4 N–H and O–H groups in total. The number of hydrogen-bond acceptors (Lipinski definition) is 5. The number of nitrogens with one attached hydrogen (secondary N) is 2. The van der Waals surface area contributed by atoms with Crippen LogP contribution in [-0.4, -0.2) is 48.4 Å². The number of nitrogens with two attached hydrogens (primary N) is 1. The van der Waals surface area contributed by atoms with Crippen LogP contribution in [-0.2, 0) is 16.6 Å². The third kappa shape index (κ3) is 5.09. The van der Waals surface area contributed by atoms with Crippen molar-refractivity contribution in [1.29, 1.82) is 0 Å². The largest absolute Gasteiger partial charge is 0.459 e. The number of carbonyl (C=O) groups excluding carboxylic acids is 2. The highest BCUT2D eigenvalue weighted by Gasteiger charge is 2.29. The predicted molar refractivity (Wildman–Crippen MR) is 145 cm³/mol. The number of sulfonamides is 1. The quantitative estimate of drug-likeness (QED) is 0.314. The van der Waals surface area contributed by atoms with Gasteiger partial charge in [-0.15, -0.1) is 0 Å². The zero-order valence-corrected chi connectivity index (χ0v) is 21.9. The Bertz CT molecular complexity index is 1580.